The normalized spacial score (nSPS) is 14.5. The molecule has 0 aliphatic rings. The summed E-state index contributed by atoms with van der Waals surface area (Å²) in [6, 6.07) is 1.99. The van der Waals surface area contributed by atoms with Crippen molar-refractivity contribution in [3.8, 4) is 0 Å². The van der Waals surface area contributed by atoms with Gasteiger partial charge in [-0.25, -0.2) is 27.2 Å². The third-order valence-electron chi connectivity index (χ3n) is 4.53. The molecule has 0 saturated heterocycles. The highest BCUT2D eigenvalue weighted by Gasteiger charge is 2.38. The number of carbonyl (C=O) groups is 1. The second-order valence-corrected chi connectivity index (χ2v) is 9.57. The van der Waals surface area contributed by atoms with E-state index in [4.69, 9.17) is 5.73 Å². The van der Waals surface area contributed by atoms with Gasteiger partial charge in [-0.15, -0.1) is 0 Å². The van der Waals surface area contributed by atoms with Gasteiger partial charge in [0.2, 0.25) is 0 Å². The van der Waals surface area contributed by atoms with Crippen LogP contribution in [0.5, 0.6) is 0 Å². The SMILES string of the molecule is CCS(=O)(=O)C[C@](C)(NC(C)N)c1c(F)ccc(NC(=O)c2cnc(NC)cn2)c1F. The summed E-state index contributed by atoms with van der Waals surface area (Å²) in [5, 5.41) is 7.82. The molecule has 0 bridgehead atoms. The molecule has 0 aliphatic carbocycles. The molecule has 1 amide bonds. The number of rotatable bonds is 9. The fourth-order valence-corrected chi connectivity index (χ4v) is 4.46. The molecule has 0 spiro atoms. The highest BCUT2D eigenvalue weighted by Crippen LogP contribution is 2.32. The number of nitrogens with zero attached hydrogens (tertiary/aromatic N) is 2. The average molecular weight is 457 g/mol. The van der Waals surface area contributed by atoms with Crippen LogP contribution in [-0.2, 0) is 15.4 Å². The molecule has 31 heavy (non-hydrogen) atoms. The molecule has 0 radical (unpaired) electrons. The van der Waals surface area contributed by atoms with Gasteiger partial charge in [-0.1, -0.05) is 6.92 Å². The van der Waals surface area contributed by atoms with E-state index in [1.54, 1.807) is 7.05 Å². The zero-order valence-corrected chi connectivity index (χ0v) is 18.5. The van der Waals surface area contributed by atoms with E-state index in [1.165, 1.54) is 33.2 Å². The minimum Gasteiger partial charge on any atom is -0.372 e. The highest BCUT2D eigenvalue weighted by atomic mass is 32.2. The van der Waals surface area contributed by atoms with Crippen molar-refractivity contribution in [2.24, 2.45) is 5.73 Å². The van der Waals surface area contributed by atoms with Crippen molar-refractivity contribution in [2.75, 3.05) is 29.2 Å². The summed E-state index contributed by atoms with van der Waals surface area (Å²) in [5.74, 6) is -3.24. The second-order valence-electron chi connectivity index (χ2n) is 7.22. The number of nitrogens with two attached hydrogens (primary N) is 1. The van der Waals surface area contributed by atoms with E-state index in [0.29, 0.717) is 5.82 Å². The van der Waals surface area contributed by atoms with Gasteiger partial charge in [-0.3, -0.25) is 10.1 Å². The van der Waals surface area contributed by atoms with Crippen LogP contribution in [0.3, 0.4) is 0 Å². The van der Waals surface area contributed by atoms with Gasteiger partial charge < -0.3 is 16.4 Å². The number of carbonyl (C=O) groups excluding carboxylic acids is 1. The van der Waals surface area contributed by atoms with Crippen molar-refractivity contribution < 1.29 is 22.0 Å². The minimum absolute atomic E-state index is 0.0886. The van der Waals surface area contributed by atoms with Gasteiger partial charge in [-0.2, -0.15) is 0 Å². The lowest BCUT2D eigenvalue weighted by atomic mass is 9.91. The van der Waals surface area contributed by atoms with Gasteiger partial charge >= 0.3 is 0 Å². The van der Waals surface area contributed by atoms with Crippen molar-refractivity contribution in [1.29, 1.82) is 0 Å². The van der Waals surface area contributed by atoms with E-state index in [-0.39, 0.29) is 17.1 Å². The summed E-state index contributed by atoms with van der Waals surface area (Å²) in [5.41, 5.74) is 3.09. The van der Waals surface area contributed by atoms with Crippen LogP contribution in [0.1, 0.15) is 36.8 Å². The Labute approximate surface area is 179 Å². The molecule has 1 unspecified atom stereocenters. The molecule has 0 saturated carbocycles. The zero-order valence-electron chi connectivity index (χ0n) is 17.7. The average Bonchev–Trinajstić information content (AvgIpc) is 2.69. The van der Waals surface area contributed by atoms with Crippen LogP contribution >= 0.6 is 0 Å². The molecule has 2 atom stereocenters. The smallest absolute Gasteiger partial charge is 0.275 e. The van der Waals surface area contributed by atoms with E-state index >= 15 is 4.39 Å². The van der Waals surface area contributed by atoms with Crippen LogP contribution in [0.15, 0.2) is 24.5 Å². The fraction of sp³-hybridized carbons (Fsp3) is 0.421. The lowest BCUT2D eigenvalue weighted by Gasteiger charge is -2.34. The standard InChI is InChI=1S/C19H26F2N6O3S/c1-5-31(29,30)10-19(3,27-11(2)22)16-12(20)6-7-13(17(16)21)26-18(28)14-8-25-15(23-4)9-24-14/h6-9,11,27H,5,10,22H2,1-4H3,(H,23,25)(H,26,28)/t11?,19-/m0/s1. The Kier molecular flexibility index (Phi) is 7.63. The highest BCUT2D eigenvalue weighted by molar-refractivity contribution is 7.91. The summed E-state index contributed by atoms with van der Waals surface area (Å²) >= 11 is 0. The number of hydrogen-bond donors (Lipinski definition) is 4. The summed E-state index contributed by atoms with van der Waals surface area (Å²) in [7, 11) is -2.02. The van der Waals surface area contributed by atoms with Gasteiger partial charge in [0.25, 0.3) is 5.91 Å². The first kappa shape index (κ1) is 24.6. The molecule has 12 heteroatoms. The molecular formula is C19H26F2N6O3S. The number of hydrogen-bond acceptors (Lipinski definition) is 8. The van der Waals surface area contributed by atoms with Gasteiger partial charge in [0.05, 0.1) is 35.5 Å². The number of halogens is 2. The van der Waals surface area contributed by atoms with Crippen LogP contribution < -0.4 is 21.7 Å². The summed E-state index contributed by atoms with van der Waals surface area (Å²) < 4.78 is 54.7. The Morgan fingerprint density at radius 3 is 2.45 bits per heavy atom. The zero-order chi connectivity index (χ0) is 23.4. The van der Waals surface area contributed by atoms with Crippen molar-refractivity contribution in [2.45, 2.75) is 32.5 Å². The summed E-state index contributed by atoms with van der Waals surface area (Å²) in [4.78, 5) is 20.3. The maximum Gasteiger partial charge on any atom is 0.275 e. The van der Waals surface area contributed by atoms with E-state index in [0.717, 1.165) is 12.1 Å². The van der Waals surface area contributed by atoms with E-state index in [1.807, 2.05) is 0 Å². The Hall–Kier alpha value is -2.70. The van der Waals surface area contributed by atoms with Crippen LogP contribution in [0.25, 0.3) is 0 Å². The molecule has 170 valence electrons. The molecular weight excluding hydrogens is 430 g/mol. The van der Waals surface area contributed by atoms with Gasteiger partial charge in [0.1, 0.15) is 17.3 Å². The molecule has 1 heterocycles. The monoisotopic (exact) mass is 456 g/mol. The largest absolute Gasteiger partial charge is 0.372 e. The predicted octanol–water partition coefficient (Wildman–Crippen LogP) is 1.59. The van der Waals surface area contributed by atoms with Crippen molar-refractivity contribution >= 4 is 27.2 Å². The summed E-state index contributed by atoms with van der Waals surface area (Å²) in [6.45, 7) is 4.30. The quantitative estimate of drug-likeness (QED) is 0.417. The Bertz CT molecular complexity index is 1050. The first-order valence-electron chi connectivity index (χ1n) is 9.45. The second kappa shape index (κ2) is 9.62. The third kappa shape index (κ3) is 5.93. The Morgan fingerprint density at radius 1 is 1.26 bits per heavy atom. The Morgan fingerprint density at radius 2 is 1.94 bits per heavy atom. The van der Waals surface area contributed by atoms with Crippen molar-refractivity contribution in [3.63, 3.8) is 0 Å². The third-order valence-corrected chi connectivity index (χ3v) is 6.42. The maximum atomic E-state index is 15.4. The number of anilines is 2. The summed E-state index contributed by atoms with van der Waals surface area (Å²) in [6.07, 6.45) is 1.75. The topological polar surface area (TPSA) is 139 Å². The van der Waals surface area contributed by atoms with Gasteiger partial charge in [0, 0.05) is 18.4 Å². The maximum absolute atomic E-state index is 15.4. The molecule has 1 aromatic carbocycles. The number of amides is 1. The molecule has 9 nitrogen and oxygen atoms in total. The van der Waals surface area contributed by atoms with Crippen molar-refractivity contribution in [3.05, 3.63) is 47.4 Å². The minimum atomic E-state index is -3.65. The lowest BCUT2D eigenvalue weighted by Crippen LogP contribution is -2.53. The van der Waals surface area contributed by atoms with E-state index in [2.05, 4.69) is 25.9 Å². The van der Waals surface area contributed by atoms with Crippen LogP contribution in [0.4, 0.5) is 20.3 Å². The molecule has 1 aromatic heterocycles. The van der Waals surface area contributed by atoms with Crippen molar-refractivity contribution in [1.82, 2.24) is 15.3 Å². The van der Waals surface area contributed by atoms with E-state index in [9.17, 15) is 17.6 Å². The first-order chi connectivity index (χ1) is 14.4. The van der Waals surface area contributed by atoms with Crippen LogP contribution in [0, 0.1) is 11.6 Å². The number of nitrogens with one attached hydrogen (secondary N) is 3. The number of aromatic nitrogens is 2. The molecule has 2 aromatic rings. The van der Waals surface area contributed by atoms with E-state index < -0.39 is 50.4 Å². The lowest BCUT2D eigenvalue weighted by molar-refractivity contribution is 0.102. The van der Waals surface area contributed by atoms with Crippen LogP contribution in [-0.4, -0.2) is 49.0 Å². The number of sulfone groups is 1. The molecule has 0 fully saturated rings. The van der Waals surface area contributed by atoms with Crippen LogP contribution in [0.2, 0.25) is 0 Å². The molecule has 5 N–H and O–H groups in total. The van der Waals surface area contributed by atoms with Gasteiger partial charge in [-0.05, 0) is 26.0 Å². The number of benzene rings is 1. The molecule has 0 aliphatic heterocycles. The Balaban J connectivity index is 2.48. The predicted molar refractivity (Wildman–Crippen MR) is 114 cm³/mol. The molecule has 2 rings (SSSR count). The fourth-order valence-electron chi connectivity index (χ4n) is 3.15. The van der Waals surface area contributed by atoms with Gasteiger partial charge in [0.15, 0.2) is 15.7 Å². The first-order valence-corrected chi connectivity index (χ1v) is 11.3.